The number of fused-ring (bicyclic) bond motifs is 1. The normalized spacial score (nSPS) is 19.6. The molecule has 1 amide bonds. The van der Waals surface area contributed by atoms with Crippen molar-refractivity contribution in [3.8, 4) is 5.75 Å². The van der Waals surface area contributed by atoms with Gasteiger partial charge in [0.05, 0.1) is 13.2 Å². The Morgan fingerprint density at radius 2 is 2.00 bits per heavy atom. The quantitative estimate of drug-likeness (QED) is 0.913. The third kappa shape index (κ3) is 3.03. The van der Waals surface area contributed by atoms with Crippen LogP contribution in [0.1, 0.15) is 22.3 Å². The zero-order valence-corrected chi connectivity index (χ0v) is 12.2. The molecule has 6 heteroatoms. The van der Waals surface area contributed by atoms with Gasteiger partial charge in [-0.25, -0.2) is 8.78 Å². The average molecular weight is 319 g/mol. The van der Waals surface area contributed by atoms with Gasteiger partial charge in [-0.15, -0.1) is 0 Å². The molecular formula is C17H15F2NO3. The number of aliphatic hydroxyl groups is 1. The summed E-state index contributed by atoms with van der Waals surface area (Å²) < 4.78 is 31.6. The van der Waals surface area contributed by atoms with Crippen LogP contribution in [0.3, 0.4) is 0 Å². The molecule has 0 spiro atoms. The highest BCUT2D eigenvalue weighted by atomic mass is 19.2. The predicted octanol–water partition coefficient (Wildman–Crippen LogP) is 2.36. The van der Waals surface area contributed by atoms with E-state index in [1.54, 1.807) is 24.3 Å². The van der Waals surface area contributed by atoms with Crippen molar-refractivity contribution >= 4 is 5.91 Å². The summed E-state index contributed by atoms with van der Waals surface area (Å²) in [5.41, 5.74) is -0.673. The Balaban J connectivity index is 1.75. The molecule has 0 unspecified atom stereocenters. The average Bonchev–Trinajstić information content (AvgIpc) is 2.56. The van der Waals surface area contributed by atoms with Crippen molar-refractivity contribution in [1.82, 2.24) is 5.32 Å². The van der Waals surface area contributed by atoms with E-state index < -0.39 is 23.1 Å². The first-order valence-corrected chi connectivity index (χ1v) is 7.17. The summed E-state index contributed by atoms with van der Waals surface area (Å²) in [5.74, 6) is -2.11. The molecular weight excluding hydrogens is 304 g/mol. The minimum Gasteiger partial charge on any atom is -0.493 e. The SMILES string of the molecule is O=C(NC[C@]1(O)CCOc2ccccc21)c1ccc(F)c(F)c1. The predicted molar refractivity (Wildman–Crippen MR) is 79.1 cm³/mol. The molecule has 4 nitrogen and oxygen atoms in total. The molecule has 2 N–H and O–H groups in total. The van der Waals surface area contributed by atoms with Crippen molar-refractivity contribution in [1.29, 1.82) is 0 Å². The van der Waals surface area contributed by atoms with Gasteiger partial charge in [0, 0.05) is 17.5 Å². The number of benzene rings is 2. The van der Waals surface area contributed by atoms with Gasteiger partial charge >= 0.3 is 0 Å². The standard InChI is InChI=1S/C17H15F2NO3/c18-13-6-5-11(9-14(13)19)16(21)20-10-17(22)7-8-23-15-4-2-1-3-12(15)17/h1-6,9,22H,7-8,10H2,(H,20,21)/t17-/m1/s1. The van der Waals surface area contributed by atoms with Gasteiger partial charge in [-0.2, -0.15) is 0 Å². The minimum absolute atomic E-state index is 0.00663. The first-order chi connectivity index (χ1) is 11.0. The lowest BCUT2D eigenvalue weighted by Gasteiger charge is -2.34. The highest BCUT2D eigenvalue weighted by molar-refractivity contribution is 5.94. The van der Waals surface area contributed by atoms with Crippen LogP contribution < -0.4 is 10.1 Å². The van der Waals surface area contributed by atoms with Crippen LogP contribution in [0, 0.1) is 11.6 Å². The molecule has 120 valence electrons. The Morgan fingerprint density at radius 3 is 2.78 bits per heavy atom. The minimum atomic E-state index is -1.26. The van der Waals surface area contributed by atoms with Crippen LogP contribution in [-0.4, -0.2) is 24.2 Å². The molecule has 1 aliphatic rings. The second-order valence-electron chi connectivity index (χ2n) is 5.44. The van der Waals surface area contributed by atoms with Crippen LogP contribution in [0.15, 0.2) is 42.5 Å². The molecule has 2 aromatic rings. The summed E-state index contributed by atoms with van der Waals surface area (Å²) in [4.78, 5) is 12.1. The maximum Gasteiger partial charge on any atom is 0.251 e. The molecule has 1 aliphatic heterocycles. The molecule has 2 aromatic carbocycles. The highest BCUT2D eigenvalue weighted by Gasteiger charge is 2.35. The van der Waals surface area contributed by atoms with Crippen LogP contribution in [0.25, 0.3) is 0 Å². The zero-order chi connectivity index (χ0) is 16.4. The first kappa shape index (κ1) is 15.4. The van der Waals surface area contributed by atoms with Gasteiger partial charge in [-0.05, 0) is 24.3 Å². The molecule has 0 aromatic heterocycles. The number of carbonyl (C=O) groups excluding carboxylic acids is 1. The number of hydrogen-bond donors (Lipinski definition) is 2. The molecule has 0 radical (unpaired) electrons. The van der Waals surface area contributed by atoms with E-state index in [1.165, 1.54) is 6.07 Å². The van der Waals surface area contributed by atoms with Crippen molar-refractivity contribution < 1.29 is 23.4 Å². The lowest BCUT2D eigenvalue weighted by molar-refractivity contribution is -0.00160. The molecule has 1 heterocycles. The molecule has 0 fully saturated rings. The van der Waals surface area contributed by atoms with Gasteiger partial charge in [0.1, 0.15) is 11.4 Å². The van der Waals surface area contributed by atoms with Gasteiger partial charge in [-0.1, -0.05) is 18.2 Å². The summed E-state index contributed by atoms with van der Waals surface area (Å²) in [6.45, 7) is 0.278. The number of hydrogen-bond acceptors (Lipinski definition) is 3. The summed E-state index contributed by atoms with van der Waals surface area (Å²) >= 11 is 0. The number of halogens is 2. The Bertz CT molecular complexity index is 750. The van der Waals surface area contributed by atoms with Gasteiger partial charge in [0.2, 0.25) is 0 Å². The highest BCUT2D eigenvalue weighted by Crippen LogP contribution is 2.36. The Kier molecular flexibility index (Phi) is 4.00. The van der Waals surface area contributed by atoms with Gasteiger partial charge < -0.3 is 15.2 Å². The second-order valence-corrected chi connectivity index (χ2v) is 5.44. The van der Waals surface area contributed by atoms with Crippen molar-refractivity contribution in [2.24, 2.45) is 0 Å². The second kappa shape index (κ2) is 5.96. The van der Waals surface area contributed by atoms with Gasteiger partial charge in [0.15, 0.2) is 11.6 Å². The Hall–Kier alpha value is -2.47. The fraction of sp³-hybridized carbons (Fsp3) is 0.235. The Morgan fingerprint density at radius 1 is 1.22 bits per heavy atom. The molecule has 0 saturated carbocycles. The number of carbonyl (C=O) groups is 1. The molecule has 0 saturated heterocycles. The van der Waals surface area contributed by atoms with E-state index in [0.29, 0.717) is 24.3 Å². The van der Waals surface area contributed by atoms with Crippen LogP contribution in [0.5, 0.6) is 5.75 Å². The Labute approximate surface area is 131 Å². The number of amides is 1. The van der Waals surface area contributed by atoms with Crippen molar-refractivity contribution in [3.63, 3.8) is 0 Å². The van der Waals surface area contributed by atoms with Crippen molar-refractivity contribution in [2.45, 2.75) is 12.0 Å². The molecule has 0 aliphatic carbocycles. The van der Waals surface area contributed by atoms with Crippen LogP contribution in [0.2, 0.25) is 0 Å². The molecule has 1 atom stereocenters. The van der Waals surface area contributed by atoms with E-state index in [-0.39, 0.29) is 12.1 Å². The first-order valence-electron chi connectivity index (χ1n) is 7.17. The fourth-order valence-corrected chi connectivity index (χ4v) is 2.59. The third-order valence-corrected chi connectivity index (χ3v) is 3.88. The number of para-hydroxylation sites is 1. The summed E-state index contributed by atoms with van der Waals surface area (Å²) in [5, 5.41) is 13.4. The van der Waals surface area contributed by atoms with Crippen molar-refractivity contribution in [2.75, 3.05) is 13.2 Å². The summed E-state index contributed by atoms with van der Waals surface area (Å²) in [6.07, 6.45) is 0.322. The van der Waals surface area contributed by atoms with Crippen molar-refractivity contribution in [3.05, 3.63) is 65.2 Å². The number of rotatable bonds is 3. The monoisotopic (exact) mass is 319 g/mol. The lowest BCUT2D eigenvalue weighted by Crippen LogP contribution is -2.43. The lowest BCUT2D eigenvalue weighted by atomic mass is 9.88. The van der Waals surface area contributed by atoms with Crippen LogP contribution >= 0.6 is 0 Å². The smallest absolute Gasteiger partial charge is 0.251 e. The van der Waals surface area contributed by atoms with Gasteiger partial charge in [-0.3, -0.25) is 4.79 Å². The molecule has 3 rings (SSSR count). The third-order valence-electron chi connectivity index (χ3n) is 3.88. The maximum absolute atomic E-state index is 13.2. The number of ether oxygens (including phenoxy) is 1. The maximum atomic E-state index is 13.2. The summed E-state index contributed by atoms with van der Waals surface area (Å²) in [6, 6.07) is 9.96. The van der Waals surface area contributed by atoms with Gasteiger partial charge in [0.25, 0.3) is 5.91 Å². The van der Waals surface area contributed by atoms with Crippen LogP contribution in [-0.2, 0) is 5.60 Å². The summed E-state index contributed by atoms with van der Waals surface area (Å²) in [7, 11) is 0. The van der Waals surface area contributed by atoms with E-state index in [4.69, 9.17) is 4.74 Å². The van der Waals surface area contributed by atoms with E-state index in [0.717, 1.165) is 12.1 Å². The largest absolute Gasteiger partial charge is 0.493 e. The van der Waals surface area contributed by atoms with E-state index in [9.17, 15) is 18.7 Å². The van der Waals surface area contributed by atoms with E-state index >= 15 is 0 Å². The van der Waals surface area contributed by atoms with E-state index in [1.807, 2.05) is 0 Å². The van der Waals surface area contributed by atoms with Crippen LogP contribution in [0.4, 0.5) is 8.78 Å². The van der Waals surface area contributed by atoms with E-state index in [2.05, 4.69) is 5.32 Å². The topological polar surface area (TPSA) is 58.6 Å². The zero-order valence-electron chi connectivity index (χ0n) is 12.2. The molecule has 0 bridgehead atoms. The fourth-order valence-electron chi connectivity index (χ4n) is 2.59. The number of nitrogens with one attached hydrogen (secondary N) is 1. The molecule has 23 heavy (non-hydrogen) atoms.